The van der Waals surface area contributed by atoms with E-state index in [-0.39, 0.29) is 6.54 Å². The van der Waals surface area contributed by atoms with Gasteiger partial charge >= 0.3 is 0 Å². The van der Waals surface area contributed by atoms with E-state index in [9.17, 15) is 5.11 Å². The highest BCUT2D eigenvalue weighted by molar-refractivity contribution is 7.99. The summed E-state index contributed by atoms with van der Waals surface area (Å²) in [5.41, 5.74) is 11.6. The first-order chi connectivity index (χ1) is 6.65. The lowest BCUT2D eigenvalue weighted by atomic mass is 10.3. The third-order valence-corrected chi connectivity index (χ3v) is 3.41. The topological polar surface area (TPSA) is 72.3 Å². The summed E-state index contributed by atoms with van der Waals surface area (Å²) in [4.78, 5) is 0.807. The molecular weight excluding hydrogens is 220 g/mol. The zero-order valence-corrected chi connectivity index (χ0v) is 9.18. The molecule has 1 aromatic rings. The summed E-state index contributed by atoms with van der Waals surface area (Å²) in [6.45, 7) is 0.247. The maximum atomic E-state index is 9.27. The van der Waals surface area contributed by atoms with Crippen LogP contribution in [0.3, 0.4) is 0 Å². The maximum absolute atomic E-state index is 9.27. The molecule has 0 radical (unpaired) electrons. The van der Waals surface area contributed by atoms with Gasteiger partial charge in [0.1, 0.15) is 0 Å². The van der Waals surface area contributed by atoms with E-state index < -0.39 is 6.10 Å². The lowest BCUT2D eigenvalue weighted by molar-refractivity contribution is 0.208. The molecule has 1 rings (SSSR count). The average molecular weight is 233 g/mol. The van der Waals surface area contributed by atoms with Crippen LogP contribution in [0.5, 0.6) is 0 Å². The molecular formula is C9H13ClN2OS. The van der Waals surface area contributed by atoms with Crippen LogP contribution >= 0.6 is 23.4 Å². The minimum Gasteiger partial charge on any atom is -0.398 e. The number of anilines is 1. The summed E-state index contributed by atoms with van der Waals surface area (Å²) >= 11 is 7.36. The number of benzene rings is 1. The van der Waals surface area contributed by atoms with Gasteiger partial charge in [0.15, 0.2) is 0 Å². The van der Waals surface area contributed by atoms with Crippen LogP contribution in [0.25, 0.3) is 0 Å². The van der Waals surface area contributed by atoms with Crippen molar-refractivity contribution < 1.29 is 5.11 Å². The molecule has 5 N–H and O–H groups in total. The fraction of sp³-hybridized carbons (Fsp3) is 0.333. The highest BCUT2D eigenvalue weighted by atomic mass is 35.5. The Morgan fingerprint density at radius 1 is 1.50 bits per heavy atom. The number of hydrogen-bond donors (Lipinski definition) is 3. The van der Waals surface area contributed by atoms with Gasteiger partial charge in [-0.1, -0.05) is 17.7 Å². The molecule has 0 amide bonds. The van der Waals surface area contributed by atoms with Crippen LogP contribution in [0.1, 0.15) is 0 Å². The van der Waals surface area contributed by atoms with E-state index in [0.29, 0.717) is 16.5 Å². The molecule has 0 aliphatic carbocycles. The van der Waals surface area contributed by atoms with E-state index in [1.807, 2.05) is 0 Å². The SMILES string of the molecule is NCC(O)CSc1c(N)cccc1Cl. The number of nitrogen functional groups attached to an aromatic ring is 1. The predicted octanol–water partition coefficient (Wildman–Crippen LogP) is 1.33. The molecule has 5 heteroatoms. The second kappa shape index (κ2) is 5.46. The molecule has 0 fully saturated rings. The zero-order chi connectivity index (χ0) is 10.6. The molecule has 1 atom stereocenters. The molecule has 3 nitrogen and oxygen atoms in total. The highest BCUT2D eigenvalue weighted by Crippen LogP contribution is 2.32. The van der Waals surface area contributed by atoms with Crippen molar-refractivity contribution >= 4 is 29.1 Å². The first-order valence-corrected chi connectivity index (χ1v) is 5.56. The van der Waals surface area contributed by atoms with E-state index in [2.05, 4.69) is 0 Å². The Morgan fingerprint density at radius 3 is 2.79 bits per heavy atom. The fourth-order valence-corrected chi connectivity index (χ4v) is 2.21. The van der Waals surface area contributed by atoms with Crippen LogP contribution in [0.15, 0.2) is 23.1 Å². The first kappa shape index (κ1) is 11.7. The van der Waals surface area contributed by atoms with E-state index in [1.165, 1.54) is 11.8 Å². The van der Waals surface area contributed by atoms with Crippen LogP contribution in [-0.2, 0) is 0 Å². The van der Waals surface area contributed by atoms with Gasteiger partial charge in [0.25, 0.3) is 0 Å². The summed E-state index contributed by atoms with van der Waals surface area (Å²) in [5.74, 6) is 0.504. The Hall–Kier alpha value is -0.420. The molecule has 0 aliphatic heterocycles. The molecule has 0 spiro atoms. The largest absolute Gasteiger partial charge is 0.398 e. The van der Waals surface area contributed by atoms with E-state index in [0.717, 1.165) is 4.90 Å². The van der Waals surface area contributed by atoms with Gasteiger partial charge < -0.3 is 16.6 Å². The Bertz CT molecular complexity index is 289. The molecule has 0 aromatic heterocycles. The van der Waals surface area contributed by atoms with Crippen LogP contribution in [0.4, 0.5) is 5.69 Å². The molecule has 0 saturated carbocycles. The van der Waals surface area contributed by atoms with Crippen molar-refractivity contribution in [3.63, 3.8) is 0 Å². The van der Waals surface area contributed by atoms with E-state index in [4.69, 9.17) is 23.1 Å². The number of halogens is 1. The van der Waals surface area contributed by atoms with Gasteiger partial charge in [-0.15, -0.1) is 11.8 Å². The van der Waals surface area contributed by atoms with Gasteiger partial charge in [-0.05, 0) is 12.1 Å². The van der Waals surface area contributed by atoms with Crippen LogP contribution < -0.4 is 11.5 Å². The maximum Gasteiger partial charge on any atom is 0.0756 e. The normalized spacial score (nSPS) is 12.8. The fourth-order valence-electron chi connectivity index (χ4n) is 0.925. The Morgan fingerprint density at radius 2 is 2.21 bits per heavy atom. The first-order valence-electron chi connectivity index (χ1n) is 4.20. The van der Waals surface area contributed by atoms with Gasteiger partial charge in [-0.3, -0.25) is 0 Å². The lowest BCUT2D eigenvalue weighted by Crippen LogP contribution is -2.21. The monoisotopic (exact) mass is 232 g/mol. The average Bonchev–Trinajstić information content (AvgIpc) is 2.16. The quantitative estimate of drug-likeness (QED) is 0.541. The smallest absolute Gasteiger partial charge is 0.0756 e. The number of nitrogens with two attached hydrogens (primary N) is 2. The van der Waals surface area contributed by atoms with Gasteiger partial charge in [0.05, 0.1) is 11.1 Å². The molecule has 14 heavy (non-hydrogen) atoms. The number of rotatable bonds is 4. The summed E-state index contributed by atoms with van der Waals surface area (Å²) in [6.07, 6.45) is -0.518. The van der Waals surface area contributed by atoms with Gasteiger partial charge in [-0.25, -0.2) is 0 Å². The Balaban J connectivity index is 2.66. The van der Waals surface area contributed by atoms with Gasteiger partial charge in [0.2, 0.25) is 0 Å². The number of aliphatic hydroxyl groups excluding tert-OH is 1. The van der Waals surface area contributed by atoms with Crippen LogP contribution in [0.2, 0.25) is 5.02 Å². The molecule has 0 aliphatic rings. The number of thioether (sulfide) groups is 1. The summed E-state index contributed by atoms with van der Waals surface area (Å²) in [5, 5.41) is 9.88. The summed E-state index contributed by atoms with van der Waals surface area (Å²) in [6, 6.07) is 5.35. The minimum absolute atomic E-state index is 0.247. The summed E-state index contributed by atoms with van der Waals surface area (Å²) in [7, 11) is 0. The third-order valence-electron chi connectivity index (χ3n) is 1.69. The van der Waals surface area contributed by atoms with E-state index in [1.54, 1.807) is 18.2 Å². The lowest BCUT2D eigenvalue weighted by Gasteiger charge is -2.10. The standard InChI is InChI=1S/C9H13ClN2OS/c10-7-2-1-3-8(12)9(7)14-5-6(13)4-11/h1-3,6,13H,4-5,11-12H2. The predicted molar refractivity (Wildman–Crippen MR) is 61.6 cm³/mol. The van der Waals surface area contributed by atoms with Crippen molar-refractivity contribution in [2.24, 2.45) is 5.73 Å². The number of aliphatic hydroxyl groups is 1. The van der Waals surface area contributed by atoms with Gasteiger partial charge in [-0.2, -0.15) is 0 Å². The van der Waals surface area contributed by atoms with Crippen molar-refractivity contribution in [2.45, 2.75) is 11.0 Å². The van der Waals surface area contributed by atoms with Crippen molar-refractivity contribution in [3.05, 3.63) is 23.2 Å². The van der Waals surface area contributed by atoms with Crippen molar-refractivity contribution in [2.75, 3.05) is 18.0 Å². The number of hydrogen-bond acceptors (Lipinski definition) is 4. The molecule has 0 heterocycles. The minimum atomic E-state index is -0.518. The Labute approximate surface area is 92.4 Å². The second-order valence-corrected chi connectivity index (χ2v) is 4.30. The molecule has 0 saturated heterocycles. The summed E-state index contributed by atoms with van der Waals surface area (Å²) < 4.78 is 0. The van der Waals surface area contributed by atoms with Crippen LogP contribution in [0, 0.1) is 0 Å². The molecule has 78 valence electrons. The third kappa shape index (κ3) is 3.06. The van der Waals surface area contributed by atoms with Crippen molar-refractivity contribution in [1.29, 1.82) is 0 Å². The van der Waals surface area contributed by atoms with Gasteiger partial charge in [0, 0.05) is 22.9 Å². The van der Waals surface area contributed by atoms with Crippen LogP contribution in [-0.4, -0.2) is 23.5 Å². The molecule has 0 bridgehead atoms. The van der Waals surface area contributed by atoms with Crippen molar-refractivity contribution in [1.82, 2.24) is 0 Å². The second-order valence-electron chi connectivity index (χ2n) is 2.86. The molecule has 1 aromatic carbocycles. The Kier molecular flexibility index (Phi) is 4.54. The molecule has 1 unspecified atom stereocenters. The van der Waals surface area contributed by atoms with E-state index >= 15 is 0 Å². The zero-order valence-electron chi connectivity index (χ0n) is 7.61. The highest BCUT2D eigenvalue weighted by Gasteiger charge is 2.07. The van der Waals surface area contributed by atoms with Crippen molar-refractivity contribution in [3.8, 4) is 0 Å².